The molecule has 13 nitrogen and oxygen atoms in total. The first-order chi connectivity index (χ1) is 34.7. The first-order valence-electron chi connectivity index (χ1n) is 24.7. The van der Waals surface area contributed by atoms with E-state index >= 15 is 0 Å². The number of ether oxygens (including phenoxy) is 2. The Kier molecular flexibility index (Phi) is 16.4. The second-order valence-electron chi connectivity index (χ2n) is 20.3. The largest absolute Gasteiger partial charge is 0.508 e. The highest BCUT2D eigenvalue weighted by molar-refractivity contribution is 7.93. The Morgan fingerprint density at radius 1 is 0.877 bits per heavy atom. The van der Waals surface area contributed by atoms with Gasteiger partial charge in [0, 0.05) is 19.5 Å². The van der Waals surface area contributed by atoms with Crippen molar-refractivity contribution < 1.29 is 50.9 Å². The maximum atomic E-state index is 14.4. The molecule has 0 spiro atoms. The van der Waals surface area contributed by atoms with Gasteiger partial charge < -0.3 is 35.2 Å². The number of nitrogens with zero attached hydrogens (tertiary/aromatic N) is 3. The van der Waals surface area contributed by atoms with Crippen LogP contribution in [0, 0.1) is 12.3 Å². The summed E-state index contributed by atoms with van der Waals surface area (Å²) < 4.78 is 82.9. The molecule has 4 heterocycles. The van der Waals surface area contributed by atoms with Gasteiger partial charge >= 0.3 is 6.18 Å². The minimum atomic E-state index is -4.83. The van der Waals surface area contributed by atoms with Gasteiger partial charge in [0.05, 0.1) is 47.1 Å². The summed E-state index contributed by atoms with van der Waals surface area (Å²) in [6.45, 7) is 7.17. The predicted molar refractivity (Wildman–Crippen MR) is 277 cm³/mol. The SMILES string of the molecule is COc1ccc(N(CC(F)(F)F)S(=O)(=O)C2CC3OC2C(c2ccc(CCCCCCN[C@H](C(=O)N4C[C@H](O)C[C@H]4C(=O)NCc4ccc(-c5scnc5C)cc4)C(C)(C)C)cc2)=C3c2ccc(O)cc2)cc1. The molecular weight excluding hydrogens is 980 g/mol. The van der Waals surface area contributed by atoms with Gasteiger partial charge in [-0.05, 0) is 120 Å². The maximum Gasteiger partial charge on any atom is 0.407 e. The molecule has 0 radical (unpaired) electrons. The van der Waals surface area contributed by atoms with Crippen molar-refractivity contribution in [3.63, 3.8) is 0 Å². The number of unbranched alkanes of at least 4 members (excludes halogenated alkanes) is 3. The molecular formula is C55H64F3N5O8S2. The van der Waals surface area contributed by atoms with Crippen LogP contribution in [-0.4, -0.2) is 109 Å². The Hall–Kier alpha value is -5.79. The number of carbonyl (C=O) groups is 2. The molecule has 2 fully saturated rings. The maximum absolute atomic E-state index is 14.4. The number of phenolic OH excluding ortho intramolecular Hbond substituents is 1. The van der Waals surface area contributed by atoms with E-state index in [0.717, 1.165) is 64.9 Å². The van der Waals surface area contributed by atoms with Crippen LogP contribution in [-0.2, 0) is 37.3 Å². The Balaban J connectivity index is 0.859. The number of anilines is 1. The van der Waals surface area contributed by atoms with Gasteiger partial charge in [-0.2, -0.15) is 13.2 Å². The number of fused-ring (bicyclic) bond motifs is 2. The lowest BCUT2D eigenvalue weighted by molar-refractivity contribution is -0.142. The summed E-state index contributed by atoms with van der Waals surface area (Å²) in [5, 5.41) is 25.9. The molecule has 73 heavy (non-hydrogen) atoms. The minimum Gasteiger partial charge on any atom is -0.508 e. The van der Waals surface area contributed by atoms with Gasteiger partial charge in [0.15, 0.2) is 0 Å². The fourth-order valence-corrected chi connectivity index (χ4v) is 13.0. The molecule has 390 valence electrons. The second kappa shape index (κ2) is 22.4. The van der Waals surface area contributed by atoms with E-state index in [4.69, 9.17) is 9.47 Å². The number of rotatable bonds is 20. The summed E-state index contributed by atoms with van der Waals surface area (Å²) in [5.74, 6) is -0.0951. The number of sulfonamides is 1. The fourth-order valence-electron chi connectivity index (χ4n) is 10.2. The lowest BCUT2D eigenvalue weighted by Gasteiger charge is -2.35. The van der Waals surface area contributed by atoms with Crippen LogP contribution in [0.1, 0.15) is 87.2 Å². The zero-order valence-corrected chi connectivity index (χ0v) is 43.3. The van der Waals surface area contributed by atoms with Gasteiger partial charge in [0.2, 0.25) is 21.8 Å². The molecule has 6 atom stereocenters. The number of β-amino-alcohol motifs (C(OH)–C–C–N with tert-alkyl or cyclic N) is 1. The summed E-state index contributed by atoms with van der Waals surface area (Å²) in [4.78, 5) is 34.6. The number of thiazole rings is 1. The summed E-state index contributed by atoms with van der Waals surface area (Å²) >= 11 is 1.58. The number of aromatic hydroxyl groups is 1. The predicted octanol–water partition coefficient (Wildman–Crippen LogP) is 9.07. The molecule has 18 heteroatoms. The molecule has 2 amide bonds. The van der Waals surface area contributed by atoms with E-state index in [9.17, 15) is 41.4 Å². The van der Waals surface area contributed by atoms with Gasteiger partial charge in [0.1, 0.15) is 35.4 Å². The highest BCUT2D eigenvalue weighted by atomic mass is 32.2. The summed E-state index contributed by atoms with van der Waals surface area (Å²) in [5.41, 5.74) is 7.95. The number of nitrogens with one attached hydrogen (secondary N) is 2. The third-order valence-corrected chi connectivity index (χ3v) is 17.1. The Morgan fingerprint density at radius 2 is 1.51 bits per heavy atom. The molecule has 4 N–H and O–H groups in total. The van der Waals surface area contributed by atoms with E-state index in [1.165, 1.54) is 48.4 Å². The molecule has 0 saturated carbocycles. The van der Waals surface area contributed by atoms with Crippen molar-refractivity contribution in [1.29, 1.82) is 0 Å². The average molecular weight is 1040 g/mol. The summed E-state index contributed by atoms with van der Waals surface area (Å²) in [6.07, 6.45) is -3.00. The third-order valence-electron chi connectivity index (χ3n) is 14.0. The van der Waals surface area contributed by atoms with Gasteiger partial charge in [-0.1, -0.05) is 94.3 Å². The van der Waals surface area contributed by atoms with Crippen molar-refractivity contribution in [1.82, 2.24) is 20.5 Å². The number of hydrogen-bond donors (Lipinski definition) is 4. The number of aliphatic hydroxyl groups excluding tert-OH is 1. The van der Waals surface area contributed by atoms with E-state index < -0.39 is 63.8 Å². The van der Waals surface area contributed by atoms with E-state index in [-0.39, 0.29) is 42.6 Å². The van der Waals surface area contributed by atoms with E-state index in [2.05, 4.69) is 15.6 Å². The molecule has 5 aromatic rings. The quantitative estimate of drug-likeness (QED) is 0.0552. The molecule has 3 unspecified atom stereocenters. The van der Waals surface area contributed by atoms with E-state index in [1.54, 1.807) is 23.5 Å². The van der Waals surface area contributed by atoms with Gasteiger partial charge in [0.25, 0.3) is 0 Å². The lowest BCUT2D eigenvalue weighted by Crippen LogP contribution is -2.56. The van der Waals surface area contributed by atoms with Gasteiger partial charge in [-0.3, -0.25) is 13.9 Å². The van der Waals surface area contributed by atoms with Crippen LogP contribution in [0.2, 0.25) is 0 Å². The van der Waals surface area contributed by atoms with Crippen molar-refractivity contribution in [3.8, 4) is 21.9 Å². The zero-order valence-electron chi connectivity index (χ0n) is 41.7. The minimum absolute atomic E-state index is 0.0496. The molecule has 0 aliphatic carbocycles. The monoisotopic (exact) mass is 1040 g/mol. The number of carbonyl (C=O) groups excluding carboxylic acids is 2. The van der Waals surface area contributed by atoms with Crippen LogP contribution in [0.15, 0.2) is 103 Å². The normalized spacial score (nSPS) is 20.4. The van der Waals surface area contributed by atoms with Crippen molar-refractivity contribution in [2.45, 2.75) is 121 Å². The number of hydrogen-bond acceptors (Lipinski definition) is 11. The average Bonchev–Trinajstić information content (AvgIpc) is 4.17. The number of phenols is 1. The first kappa shape index (κ1) is 53.5. The van der Waals surface area contributed by atoms with E-state index in [0.29, 0.717) is 39.8 Å². The third kappa shape index (κ3) is 12.4. The van der Waals surface area contributed by atoms with Crippen molar-refractivity contribution >= 4 is 50.0 Å². The zero-order chi connectivity index (χ0) is 52.2. The van der Waals surface area contributed by atoms with E-state index in [1.807, 2.05) is 81.7 Å². The Morgan fingerprint density at radius 3 is 2.14 bits per heavy atom. The summed E-state index contributed by atoms with van der Waals surface area (Å²) in [7, 11) is -3.23. The lowest BCUT2D eigenvalue weighted by atomic mass is 9.83. The molecule has 3 aliphatic rings. The molecule has 4 aromatic carbocycles. The number of benzene rings is 4. The first-order valence-corrected chi connectivity index (χ1v) is 27.1. The number of aryl methyl sites for hydroxylation is 2. The molecule has 3 aliphatic heterocycles. The molecule has 2 bridgehead atoms. The van der Waals surface area contributed by atoms with Crippen molar-refractivity contribution in [3.05, 3.63) is 131 Å². The van der Waals surface area contributed by atoms with Crippen LogP contribution >= 0.6 is 11.3 Å². The Labute approximate surface area is 429 Å². The Bertz CT molecular complexity index is 2850. The van der Waals surface area contributed by atoms with Crippen LogP contribution < -0.4 is 19.7 Å². The number of likely N-dealkylation sites (tertiary alicyclic amines) is 1. The number of methoxy groups -OCH3 is 1. The van der Waals surface area contributed by atoms with Crippen LogP contribution in [0.4, 0.5) is 18.9 Å². The van der Waals surface area contributed by atoms with Gasteiger partial charge in [-0.25, -0.2) is 13.4 Å². The fraction of sp³-hybridized carbons (Fsp3) is 0.436. The summed E-state index contributed by atoms with van der Waals surface area (Å²) in [6, 6.07) is 26.3. The number of aliphatic hydroxyl groups is 1. The van der Waals surface area contributed by atoms with Crippen LogP contribution in [0.5, 0.6) is 11.5 Å². The smallest absolute Gasteiger partial charge is 0.407 e. The second-order valence-corrected chi connectivity index (χ2v) is 23.2. The number of amides is 2. The molecule has 1 aromatic heterocycles. The van der Waals surface area contributed by atoms with Gasteiger partial charge in [-0.15, -0.1) is 11.3 Å². The standard InChI is InChI=1S/C55H64F3N5O8S2/c1-34-50(72-33-61-34)39-17-13-36(14-18-39)30-60-52(66)44-28-42(65)31-62(44)53(67)51(54(2,3)4)59-27-9-7-6-8-10-35-11-15-38(16-12-35)48-47(37-19-23-41(64)24-20-37)45-29-46(49(48)71-45)73(68,69)63(32-55(56,57)58)40-21-25-43(70-5)26-22-40/h11-26,33,42,44-46,49,51,59,64-65H,6-10,27-32H2,1-5H3,(H,60,66)/t42-,44+,45?,46?,49?,51-/m1/s1. The molecule has 8 rings (SSSR count). The van der Waals surface area contributed by atoms with Crippen LogP contribution in [0.3, 0.4) is 0 Å². The number of alkyl halides is 3. The van der Waals surface area contributed by atoms with Crippen molar-refractivity contribution in [2.75, 3.05) is 31.0 Å². The number of halogens is 3. The highest BCUT2D eigenvalue weighted by Crippen LogP contribution is 2.51. The highest BCUT2D eigenvalue weighted by Gasteiger charge is 2.55. The van der Waals surface area contributed by atoms with Crippen molar-refractivity contribution in [2.24, 2.45) is 5.41 Å². The molecule has 2 saturated heterocycles. The van der Waals surface area contributed by atoms with Crippen LogP contribution in [0.25, 0.3) is 21.6 Å². The topological polar surface area (TPSA) is 171 Å². The number of aromatic nitrogens is 1.